The van der Waals surface area contributed by atoms with Gasteiger partial charge in [0.2, 0.25) is 0 Å². The summed E-state index contributed by atoms with van der Waals surface area (Å²) in [7, 11) is 3.57. The normalized spacial score (nSPS) is 11.3. The minimum Gasteiger partial charge on any atom is -0.488 e. The van der Waals surface area contributed by atoms with Crippen LogP contribution in [0, 0.1) is 6.92 Å². The number of methoxy groups -OCH3 is 1. The van der Waals surface area contributed by atoms with Gasteiger partial charge in [0, 0.05) is 32.1 Å². The summed E-state index contributed by atoms with van der Waals surface area (Å²) in [6, 6.07) is 4.01. The Labute approximate surface area is 173 Å². The monoisotopic (exact) mass is 412 g/mol. The van der Waals surface area contributed by atoms with Gasteiger partial charge in [-0.1, -0.05) is 6.92 Å². The van der Waals surface area contributed by atoms with Gasteiger partial charge >= 0.3 is 0 Å². The van der Waals surface area contributed by atoms with Gasteiger partial charge in [-0.05, 0) is 37.0 Å². The zero-order valence-corrected chi connectivity index (χ0v) is 17.8. The van der Waals surface area contributed by atoms with Crippen LogP contribution in [-0.2, 0) is 18.2 Å². The van der Waals surface area contributed by atoms with Crippen molar-refractivity contribution in [1.82, 2.24) is 23.7 Å². The highest BCUT2D eigenvalue weighted by atomic mass is 32.1. The maximum Gasteiger partial charge on any atom is 0.152 e. The first-order valence-corrected chi connectivity index (χ1v) is 10.2. The van der Waals surface area contributed by atoms with E-state index < -0.39 is 0 Å². The van der Waals surface area contributed by atoms with Crippen molar-refractivity contribution < 1.29 is 9.47 Å². The van der Waals surface area contributed by atoms with E-state index >= 15 is 0 Å². The van der Waals surface area contributed by atoms with Crippen molar-refractivity contribution in [1.29, 1.82) is 0 Å². The number of rotatable bonds is 8. The SMILES string of the molecule is CCc1c(Nc2cc(C)ns2)nc2ccn(-c3cnn(C)c3)c2c1OCCOC. The van der Waals surface area contributed by atoms with Crippen molar-refractivity contribution in [2.45, 2.75) is 20.3 Å². The quantitative estimate of drug-likeness (QED) is 0.443. The Kier molecular flexibility index (Phi) is 5.50. The van der Waals surface area contributed by atoms with E-state index in [0.717, 1.165) is 51.0 Å². The van der Waals surface area contributed by atoms with Crippen LogP contribution in [0.25, 0.3) is 16.7 Å². The molecule has 152 valence electrons. The molecule has 0 saturated heterocycles. The van der Waals surface area contributed by atoms with E-state index in [9.17, 15) is 0 Å². The Balaban J connectivity index is 1.87. The second-order valence-electron chi connectivity index (χ2n) is 6.71. The first-order chi connectivity index (χ1) is 14.1. The smallest absolute Gasteiger partial charge is 0.152 e. The van der Waals surface area contributed by atoms with Crippen LogP contribution >= 0.6 is 11.5 Å². The fourth-order valence-corrected chi connectivity index (χ4v) is 3.94. The molecular weight excluding hydrogens is 388 g/mol. The molecule has 0 spiro atoms. The molecule has 4 heterocycles. The zero-order chi connectivity index (χ0) is 20.4. The van der Waals surface area contributed by atoms with Gasteiger partial charge in [-0.25, -0.2) is 4.98 Å². The zero-order valence-electron chi connectivity index (χ0n) is 17.0. The fraction of sp³-hybridized carbons (Fsp3) is 0.350. The Hall–Kier alpha value is -2.91. The highest BCUT2D eigenvalue weighted by Crippen LogP contribution is 2.37. The maximum atomic E-state index is 6.23. The third-order valence-electron chi connectivity index (χ3n) is 4.60. The summed E-state index contributed by atoms with van der Waals surface area (Å²) < 4.78 is 19.6. The summed E-state index contributed by atoms with van der Waals surface area (Å²) >= 11 is 1.42. The topological polar surface area (TPSA) is 79.0 Å². The fourth-order valence-electron chi connectivity index (χ4n) is 3.28. The minimum absolute atomic E-state index is 0.458. The molecule has 9 heteroatoms. The Morgan fingerprint density at radius 2 is 2.14 bits per heavy atom. The van der Waals surface area contributed by atoms with Gasteiger partial charge in [-0.15, -0.1) is 0 Å². The Morgan fingerprint density at radius 3 is 2.79 bits per heavy atom. The van der Waals surface area contributed by atoms with Gasteiger partial charge in [-0.2, -0.15) is 9.47 Å². The second kappa shape index (κ2) is 8.22. The molecule has 0 aliphatic heterocycles. The van der Waals surface area contributed by atoms with Crippen LogP contribution in [0.15, 0.2) is 30.7 Å². The van der Waals surface area contributed by atoms with Crippen molar-refractivity contribution in [3.05, 3.63) is 42.0 Å². The molecule has 0 bridgehead atoms. The maximum absolute atomic E-state index is 6.23. The molecule has 29 heavy (non-hydrogen) atoms. The number of fused-ring (bicyclic) bond motifs is 1. The number of nitrogens with one attached hydrogen (secondary N) is 1. The lowest BCUT2D eigenvalue weighted by Gasteiger charge is -2.17. The van der Waals surface area contributed by atoms with Crippen molar-refractivity contribution in [3.8, 4) is 11.4 Å². The lowest BCUT2D eigenvalue weighted by molar-refractivity contribution is 0.146. The standard InChI is InChI=1S/C20H24N6O2S/c1-5-15-19(28-9-8-27-4)18-16(6-7-26(18)14-11-21-25(3)12-14)22-20(15)23-17-10-13(2)24-29-17/h6-7,10-12H,5,8-9H2,1-4H3,(H,22,23). The van der Waals surface area contributed by atoms with Gasteiger partial charge < -0.3 is 19.4 Å². The van der Waals surface area contributed by atoms with Crippen LogP contribution in [0.1, 0.15) is 18.2 Å². The molecular formula is C20H24N6O2S. The largest absolute Gasteiger partial charge is 0.488 e. The summed E-state index contributed by atoms with van der Waals surface area (Å²) in [5.41, 5.74) is 4.74. The minimum atomic E-state index is 0.458. The van der Waals surface area contributed by atoms with E-state index in [-0.39, 0.29) is 0 Å². The molecule has 0 aliphatic carbocycles. The molecule has 8 nitrogen and oxygen atoms in total. The third kappa shape index (κ3) is 3.83. The molecule has 0 saturated carbocycles. The Morgan fingerprint density at radius 1 is 1.28 bits per heavy atom. The molecule has 0 amide bonds. The first-order valence-electron chi connectivity index (χ1n) is 9.45. The van der Waals surface area contributed by atoms with Crippen LogP contribution in [0.3, 0.4) is 0 Å². The number of nitrogens with zero attached hydrogens (tertiary/aromatic N) is 5. The summed E-state index contributed by atoms with van der Waals surface area (Å²) in [5, 5.41) is 8.68. The van der Waals surface area contributed by atoms with Crippen LogP contribution in [0.4, 0.5) is 10.8 Å². The second-order valence-corrected chi connectivity index (χ2v) is 7.52. The number of aryl methyl sites for hydroxylation is 2. The molecule has 0 aliphatic rings. The molecule has 0 aromatic carbocycles. The number of anilines is 2. The van der Waals surface area contributed by atoms with Gasteiger partial charge in [0.05, 0.1) is 29.7 Å². The van der Waals surface area contributed by atoms with Crippen molar-refractivity contribution in [2.24, 2.45) is 7.05 Å². The lowest BCUT2D eigenvalue weighted by Crippen LogP contribution is -2.09. The molecule has 0 radical (unpaired) electrons. The molecule has 1 N–H and O–H groups in total. The lowest BCUT2D eigenvalue weighted by atomic mass is 10.1. The summed E-state index contributed by atoms with van der Waals surface area (Å²) in [6.07, 6.45) is 6.56. The third-order valence-corrected chi connectivity index (χ3v) is 5.39. The first kappa shape index (κ1) is 19.4. The van der Waals surface area contributed by atoms with E-state index in [1.807, 2.05) is 44.7 Å². The van der Waals surface area contributed by atoms with E-state index in [1.165, 1.54) is 11.5 Å². The average molecular weight is 413 g/mol. The van der Waals surface area contributed by atoms with Crippen molar-refractivity contribution in [2.75, 3.05) is 25.6 Å². The van der Waals surface area contributed by atoms with E-state index in [0.29, 0.717) is 13.2 Å². The predicted octanol–water partition coefficient (Wildman–Crippen LogP) is 3.86. The molecule has 0 atom stereocenters. The predicted molar refractivity (Wildman–Crippen MR) is 115 cm³/mol. The van der Waals surface area contributed by atoms with Gasteiger partial charge in [0.1, 0.15) is 22.9 Å². The van der Waals surface area contributed by atoms with E-state index in [2.05, 4.69) is 26.3 Å². The van der Waals surface area contributed by atoms with Crippen molar-refractivity contribution in [3.63, 3.8) is 0 Å². The molecule has 0 unspecified atom stereocenters. The Bertz CT molecular complexity index is 1130. The highest BCUT2D eigenvalue weighted by Gasteiger charge is 2.20. The van der Waals surface area contributed by atoms with E-state index in [1.54, 1.807) is 11.8 Å². The molecule has 4 rings (SSSR count). The number of pyridine rings is 1. The van der Waals surface area contributed by atoms with Crippen LogP contribution in [0.2, 0.25) is 0 Å². The molecule has 4 aromatic rings. The summed E-state index contributed by atoms with van der Waals surface area (Å²) in [5.74, 6) is 1.60. The van der Waals surface area contributed by atoms with Gasteiger partial charge in [0.15, 0.2) is 5.75 Å². The van der Waals surface area contributed by atoms with Crippen LogP contribution in [-0.4, -0.2) is 44.0 Å². The number of hydrogen-bond acceptors (Lipinski definition) is 7. The highest BCUT2D eigenvalue weighted by molar-refractivity contribution is 7.10. The van der Waals surface area contributed by atoms with E-state index in [4.69, 9.17) is 14.5 Å². The number of ether oxygens (including phenoxy) is 2. The van der Waals surface area contributed by atoms with Crippen LogP contribution < -0.4 is 10.1 Å². The summed E-state index contributed by atoms with van der Waals surface area (Å²) in [4.78, 5) is 4.90. The van der Waals surface area contributed by atoms with Crippen molar-refractivity contribution >= 4 is 33.4 Å². The molecule has 0 fully saturated rings. The number of hydrogen-bond donors (Lipinski definition) is 1. The average Bonchev–Trinajstić information content (AvgIpc) is 3.42. The summed E-state index contributed by atoms with van der Waals surface area (Å²) in [6.45, 7) is 5.05. The van der Waals surface area contributed by atoms with Gasteiger partial charge in [0.25, 0.3) is 0 Å². The van der Waals surface area contributed by atoms with Gasteiger partial charge in [-0.3, -0.25) is 4.68 Å². The van der Waals surface area contributed by atoms with Crippen LogP contribution in [0.5, 0.6) is 5.75 Å². The number of aromatic nitrogens is 5. The molecule has 4 aromatic heterocycles.